The largest absolute Gasteiger partial charge is 0.490 e. The smallest absolute Gasteiger partial charge is 0.149 e. The van der Waals surface area contributed by atoms with E-state index in [1.807, 2.05) is 42.0 Å². The number of allylic oxidation sites excluding steroid dienone is 3. The van der Waals surface area contributed by atoms with Crippen molar-refractivity contribution in [3.05, 3.63) is 59.8 Å². The number of carbonyl (C=O) groups excluding carboxylic acids is 1. The van der Waals surface area contributed by atoms with Crippen LogP contribution >= 0.6 is 0 Å². The van der Waals surface area contributed by atoms with Crippen LogP contribution in [0.1, 0.15) is 32.4 Å². The molecule has 6 nitrogen and oxygen atoms in total. The molecule has 1 N–H and O–H groups in total. The molecule has 1 aliphatic rings. The summed E-state index contributed by atoms with van der Waals surface area (Å²) in [6.45, 7) is 6.40. The van der Waals surface area contributed by atoms with Crippen molar-refractivity contribution >= 4 is 6.29 Å². The van der Waals surface area contributed by atoms with Gasteiger partial charge in [0.05, 0.1) is 11.4 Å². The molecule has 130 valence electrons. The van der Waals surface area contributed by atoms with Crippen LogP contribution in [0.2, 0.25) is 0 Å². The Hall–Kier alpha value is -2.89. The fourth-order valence-electron chi connectivity index (χ4n) is 2.77. The van der Waals surface area contributed by atoms with Gasteiger partial charge in [0.25, 0.3) is 0 Å². The molecule has 0 aliphatic carbocycles. The zero-order valence-electron chi connectivity index (χ0n) is 14.6. The summed E-state index contributed by atoms with van der Waals surface area (Å²) in [5.41, 5.74) is 3.68. The summed E-state index contributed by atoms with van der Waals surface area (Å²) in [5.74, 6) is 0.604. The number of hydrogen-bond acceptors (Lipinski definition) is 5. The Balaban J connectivity index is 1.85. The van der Waals surface area contributed by atoms with E-state index in [1.54, 1.807) is 12.4 Å². The maximum atomic E-state index is 11.3. The molecular weight excluding hydrogens is 316 g/mol. The van der Waals surface area contributed by atoms with Crippen molar-refractivity contribution in [1.82, 2.24) is 20.1 Å². The lowest BCUT2D eigenvalue weighted by Gasteiger charge is -2.22. The third-order valence-corrected chi connectivity index (χ3v) is 4.01. The molecule has 0 radical (unpaired) electrons. The van der Waals surface area contributed by atoms with Crippen molar-refractivity contribution in [3.8, 4) is 11.4 Å². The maximum absolute atomic E-state index is 11.3. The van der Waals surface area contributed by atoms with E-state index < -0.39 is 6.04 Å². The summed E-state index contributed by atoms with van der Waals surface area (Å²) in [4.78, 5) is 15.8. The third kappa shape index (κ3) is 3.63. The fourth-order valence-corrected chi connectivity index (χ4v) is 2.77. The number of rotatable bonds is 6. The van der Waals surface area contributed by atoms with E-state index in [2.05, 4.69) is 29.2 Å². The molecule has 2 aromatic rings. The Bertz CT molecular complexity index is 820. The maximum Gasteiger partial charge on any atom is 0.149 e. The molecule has 3 heterocycles. The topological polar surface area (TPSA) is 69.0 Å². The molecule has 0 saturated carbocycles. The molecule has 0 bridgehead atoms. The number of hydrogen-bond donors (Lipinski definition) is 1. The van der Waals surface area contributed by atoms with Crippen LogP contribution in [-0.2, 0) is 16.1 Å². The molecule has 3 rings (SSSR count). The average molecular weight is 338 g/mol. The number of carbonyl (C=O) groups is 1. The van der Waals surface area contributed by atoms with Crippen molar-refractivity contribution in [2.45, 2.75) is 39.5 Å². The summed E-state index contributed by atoms with van der Waals surface area (Å²) in [6.07, 6.45) is 8.11. The second-order valence-electron chi connectivity index (χ2n) is 6.23. The Kier molecular flexibility index (Phi) is 4.97. The molecule has 0 amide bonds. The van der Waals surface area contributed by atoms with Gasteiger partial charge in [0.1, 0.15) is 24.7 Å². The van der Waals surface area contributed by atoms with Crippen molar-refractivity contribution < 1.29 is 9.53 Å². The summed E-state index contributed by atoms with van der Waals surface area (Å²) in [6, 6.07) is 5.60. The van der Waals surface area contributed by atoms with E-state index >= 15 is 0 Å². The Morgan fingerprint density at radius 1 is 1.32 bits per heavy atom. The first-order chi connectivity index (χ1) is 12.1. The molecule has 25 heavy (non-hydrogen) atoms. The van der Waals surface area contributed by atoms with Crippen molar-refractivity contribution in [2.24, 2.45) is 0 Å². The Morgan fingerprint density at radius 2 is 2.16 bits per heavy atom. The van der Waals surface area contributed by atoms with Gasteiger partial charge in [-0.05, 0) is 45.1 Å². The SMILES string of the molecule is CC1=CC=C(OCc2cccnc2-c2ccnn2C(C)C)C(C=O)N1. The molecule has 6 heteroatoms. The number of aromatic nitrogens is 3. The zero-order valence-corrected chi connectivity index (χ0v) is 14.6. The highest BCUT2D eigenvalue weighted by molar-refractivity contribution is 5.64. The van der Waals surface area contributed by atoms with Gasteiger partial charge in [-0.3, -0.25) is 9.67 Å². The van der Waals surface area contributed by atoms with E-state index in [-0.39, 0.29) is 6.04 Å². The van der Waals surface area contributed by atoms with Crippen molar-refractivity contribution in [2.75, 3.05) is 0 Å². The quantitative estimate of drug-likeness (QED) is 0.820. The van der Waals surface area contributed by atoms with Crippen molar-refractivity contribution in [1.29, 1.82) is 0 Å². The first kappa shape index (κ1) is 17.0. The lowest BCUT2D eigenvalue weighted by Crippen LogP contribution is -2.34. The molecular formula is C19H22N4O2. The lowest BCUT2D eigenvalue weighted by atomic mass is 10.1. The number of pyridine rings is 1. The van der Waals surface area contributed by atoms with Gasteiger partial charge in [0.15, 0.2) is 0 Å². The lowest BCUT2D eigenvalue weighted by molar-refractivity contribution is -0.109. The number of nitrogens with zero attached hydrogens (tertiary/aromatic N) is 3. The molecule has 0 saturated heterocycles. The summed E-state index contributed by atoms with van der Waals surface area (Å²) in [5, 5.41) is 7.47. The van der Waals surface area contributed by atoms with Gasteiger partial charge < -0.3 is 14.8 Å². The number of nitrogens with one attached hydrogen (secondary N) is 1. The number of dihydropyridines is 1. The number of aldehydes is 1. The predicted molar refractivity (Wildman–Crippen MR) is 95.5 cm³/mol. The molecule has 0 aromatic carbocycles. The zero-order chi connectivity index (χ0) is 17.8. The molecule has 0 spiro atoms. The van der Waals surface area contributed by atoms with E-state index in [0.29, 0.717) is 12.4 Å². The van der Waals surface area contributed by atoms with Gasteiger partial charge >= 0.3 is 0 Å². The highest BCUT2D eigenvalue weighted by Crippen LogP contribution is 2.25. The first-order valence-corrected chi connectivity index (χ1v) is 8.31. The molecule has 0 fully saturated rings. The molecule has 1 unspecified atom stereocenters. The van der Waals surface area contributed by atoms with Gasteiger partial charge in [0, 0.05) is 29.7 Å². The second-order valence-corrected chi connectivity index (χ2v) is 6.23. The molecule has 1 aliphatic heterocycles. The normalized spacial score (nSPS) is 16.9. The van der Waals surface area contributed by atoms with Crippen LogP contribution < -0.4 is 5.32 Å². The minimum Gasteiger partial charge on any atom is -0.490 e. The number of ether oxygens (including phenoxy) is 1. The van der Waals surface area contributed by atoms with E-state index in [4.69, 9.17) is 4.74 Å². The average Bonchev–Trinajstić information content (AvgIpc) is 3.10. The first-order valence-electron chi connectivity index (χ1n) is 8.31. The summed E-state index contributed by atoms with van der Waals surface area (Å²) >= 11 is 0. The van der Waals surface area contributed by atoms with Crippen LogP contribution in [0.15, 0.2) is 54.2 Å². The summed E-state index contributed by atoms with van der Waals surface area (Å²) < 4.78 is 7.85. The van der Waals surface area contributed by atoms with Gasteiger partial charge in [-0.15, -0.1) is 0 Å². The van der Waals surface area contributed by atoms with Gasteiger partial charge in [-0.2, -0.15) is 5.10 Å². The van der Waals surface area contributed by atoms with Crippen LogP contribution in [-0.4, -0.2) is 27.1 Å². The Labute approximate surface area is 147 Å². The van der Waals surface area contributed by atoms with Crippen LogP contribution in [0, 0.1) is 0 Å². The second kappa shape index (κ2) is 7.34. The highest BCUT2D eigenvalue weighted by atomic mass is 16.5. The molecule has 2 aromatic heterocycles. The third-order valence-electron chi connectivity index (χ3n) is 4.01. The van der Waals surface area contributed by atoms with Gasteiger partial charge in [0.2, 0.25) is 0 Å². The minimum absolute atomic E-state index is 0.235. The minimum atomic E-state index is -0.452. The van der Waals surface area contributed by atoms with Crippen LogP contribution in [0.5, 0.6) is 0 Å². The van der Waals surface area contributed by atoms with Gasteiger partial charge in [-0.1, -0.05) is 6.07 Å². The van der Waals surface area contributed by atoms with Crippen LogP contribution in [0.25, 0.3) is 11.4 Å². The fraction of sp³-hybridized carbons (Fsp3) is 0.316. The predicted octanol–water partition coefficient (Wildman–Crippen LogP) is 3.00. The van der Waals surface area contributed by atoms with Gasteiger partial charge in [-0.25, -0.2) is 0 Å². The Morgan fingerprint density at radius 3 is 2.92 bits per heavy atom. The summed E-state index contributed by atoms with van der Waals surface area (Å²) in [7, 11) is 0. The van der Waals surface area contributed by atoms with Crippen molar-refractivity contribution in [3.63, 3.8) is 0 Å². The standard InChI is InChI=1S/C19H22N4O2/c1-13(2)23-17(8-10-21-23)19-15(5-4-9-20-19)12-25-18-7-6-14(3)22-16(18)11-24/h4-11,13,16,22H,12H2,1-3H3. The monoisotopic (exact) mass is 338 g/mol. The van der Waals surface area contributed by atoms with E-state index in [1.165, 1.54) is 0 Å². The van der Waals surface area contributed by atoms with E-state index in [0.717, 1.165) is 28.9 Å². The molecule has 1 atom stereocenters. The van der Waals surface area contributed by atoms with Crippen LogP contribution in [0.4, 0.5) is 0 Å². The van der Waals surface area contributed by atoms with Crippen LogP contribution in [0.3, 0.4) is 0 Å². The highest BCUT2D eigenvalue weighted by Gasteiger charge is 2.19. The van der Waals surface area contributed by atoms with E-state index in [9.17, 15) is 4.79 Å².